The summed E-state index contributed by atoms with van der Waals surface area (Å²) in [4.78, 5) is 11.5. The summed E-state index contributed by atoms with van der Waals surface area (Å²) in [6, 6.07) is 9.36. The predicted octanol–water partition coefficient (Wildman–Crippen LogP) is 2.06. The molecule has 1 amide bonds. The number of aromatic amines is 1. The van der Waals surface area contributed by atoms with Crippen molar-refractivity contribution in [2.24, 2.45) is 0 Å². The molecule has 0 fully saturated rings. The van der Waals surface area contributed by atoms with Crippen molar-refractivity contribution in [3.8, 4) is 17.0 Å². The van der Waals surface area contributed by atoms with Gasteiger partial charge in [0.05, 0.1) is 25.8 Å². The van der Waals surface area contributed by atoms with Crippen molar-refractivity contribution in [3.63, 3.8) is 0 Å². The molecule has 0 radical (unpaired) electrons. The van der Waals surface area contributed by atoms with Crippen LogP contribution in [-0.2, 0) is 9.53 Å². The lowest BCUT2D eigenvalue weighted by Crippen LogP contribution is -2.13. The van der Waals surface area contributed by atoms with Gasteiger partial charge in [0.15, 0.2) is 5.82 Å². The third-order valence-electron chi connectivity index (χ3n) is 2.78. The molecule has 2 rings (SSSR count). The maximum Gasteiger partial charge on any atom is 0.227 e. The molecule has 0 saturated heterocycles. The summed E-state index contributed by atoms with van der Waals surface area (Å²) in [6.45, 7) is 0.390. The number of nitrogens with one attached hydrogen (secondary N) is 2. The van der Waals surface area contributed by atoms with Crippen molar-refractivity contribution in [1.82, 2.24) is 10.2 Å². The molecule has 0 spiro atoms. The number of benzene rings is 1. The van der Waals surface area contributed by atoms with Gasteiger partial charge in [-0.3, -0.25) is 9.89 Å². The summed E-state index contributed by atoms with van der Waals surface area (Å²) in [5.74, 6) is 1.16. The molecule has 1 heterocycles. The first-order valence-electron chi connectivity index (χ1n) is 6.21. The second kappa shape index (κ2) is 6.72. The number of hydrogen-bond donors (Lipinski definition) is 2. The molecular weight excluding hydrogens is 258 g/mol. The number of anilines is 1. The fourth-order valence-electron chi connectivity index (χ4n) is 1.70. The van der Waals surface area contributed by atoms with Gasteiger partial charge in [-0.1, -0.05) is 0 Å². The minimum atomic E-state index is -0.125. The van der Waals surface area contributed by atoms with Gasteiger partial charge < -0.3 is 14.8 Å². The smallest absolute Gasteiger partial charge is 0.227 e. The molecule has 0 bridgehead atoms. The summed E-state index contributed by atoms with van der Waals surface area (Å²) in [5.41, 5.74) is 1.80. The van der Waals surface area contributed by atoms with Crippen molar-refractivity contribution in [1.29, 1.82) is 0 Å². The van der Waals surface area contributed by atoms with Gasteiger partial charge in [-0.05, 0) is 29.8 Å². The van der Waals surface area contributed by atoms with Crippen LogP contribution in [0.1, 0.15) is 6.42 Å². The quantitative estimate of drug-likeness (QED) is 0.846. The van der Waals surface area contributed by atoms with Crippen molar-refractivity contribution in [2.45, 2.75) is 6.42 Å². The Labute approximate surface area is 117 Å². The Bertz CT molecular complexity index is 563. The molecule has 0 aliphatic heterocycles. The zero-order valence-corrected chi connectivity index (χ0v) is 11.5. The van der Waals surface area contributed by atoms with E-state index in [0.717, 1.165) is 17.0 Å². The van der Waals surface area contributed by atoms with Gasteiger partial charge in [0.25, 0.3) is 0 Å². The highest BCUT2D eigenvalue weighted by Gasteiger charge is 2.07. The molecule has 6 heteroatoms. The van der Waals surface area contributed by atoms with E-state index in [1.165, 1.54) is 0 Å². The summed E-state index contributed by atoms with van der Waals surface area (Å²) >= 11 is 0. The number of amides is 1. The monoisotopic (exact) mass is 275 g/mol. The van der Waals surface area contributed by atoms with Gasteiger partial charge in [-0.25, -0.2) is 0 Å². The van der Waals surface area contributed by atoms with Gasteiger partial charge in [0, 0.05) is 13.2 Å². The number of carbonyl (C=O) groups is 1. The summed E-state index contributed by atoms with van der Waals surface area (Å²) < 4.78 is 9.95. The molecule has 2 aromatic rings. The Hall–Kier alpha value is -2.34. The van der Waals surface area contributed by atoms with Crippen LogP contribution in [0.5, 0.6) is 5.75 Å². The third-order valence-corrected chi connectivity index (χ3v) is 2.78. The molecule has 0 saturated carbocycles. The van der Waals surface area contributed by atoms with Crippen LogP contribution in [0.25, 0.3) is 11.3 Å². The van der Waals surface area contributed by atoms with E-state index in [2.05, 4.69) is 15.5 Å². The van der Waals surface area contributed by atoms with E-state index >= 15 is 0 Å². The van der Waals surface area contributed by atoms with E-state index < -0.39 is 0 Å². The normalized spacial score (nSPS) is 10.3. The number of aromatic nitrogens is 2. The topological polar surface area (TPSA) is 76.2 Å². The molecule has 106 valence electrons. The SMILES string of the molecule is COCCC(=O)Nc1cc(-c2ccc(OC)cc2)[nH]n1. The Morgan fingerprint density at radius 1 is 1.30 bits per heavy atom. The van der Waals surface area contributed by atoms with Crippen LogP contribution in [0.2, 0.25) is 0 Å². The zero-order chi connectivity index (χ0) is 14.4. The van der Waals surface area contributed by atoms with Crippen molar-refractivity contribution >= 4 is 11.7 Å². The minimum absolute atomic E-state index is 0.125. The number of nitrogens with zero attached hydrogens (tertiary/aromatic N) is 1. The largest absolute Gasteiger partial charge is 0.497 e. The highest BCUT2D eigenvalue weighted by Crippen LogP contribution is 2.22. The molecule has 20 heavy (non-hydrogen) atoms. The standard InChI is InChI=1S/C14H17N3O3/c1-19-8-7-14(18)15-13-9-12(16-17-13)10-3-5-11(20-2)6-4-10/h3-6,9H,7-8H2,1-2H3,(H2,15,16,17,18). The third kappa shape index (κ3) is 3.58. The van der Waals surface area contributed by atoms with Crippen LogP contribution in [0.3, 0.4) is 0 Å². The van der Waals surface area contributed by atoms with Crippen LogP contribution in [0.15, 0.2) is 30.3 Å². The number of methoxy groups -OCH3 is 2. The Morgan fingerprint density at radius 3 is 2.70 bits per heavy atom. The van der Waals surface area contributed by atoms with Crippen LogP contribution in [-0.4, -0.2) is 36.9 Å². The fourth-order valence-corrected chi connectivity index (χ4v) is 1.70. The molecule has 1 aromatic heterocycles. The maximum atomic E-state index is 11.5. The number of carbonyl (C=O) groups excluding carboxylic acids is 1. The van der Waals surface area contributed by atoms with E-state index in [0.29, 0.717) is 18.8 Å². The van der Waals surface area contributed by atoms with Gasteiger partial charge in [-0.15, -0.1) is 0 Å². The van der Waals surface area contributed by atoms with Crippen LogP contribution in [0.4, 0.5) is 5.82 Å². The van der Waals surface area contributed by atoms with Crippen molar-refractivity contribution in [2.75, 3.05) is 26.1 Å². The predicted molar refractivity (Wildman–Crippen MR) is 75.7 cm³/mol. The molecule has 0 aliphatic carbocycles. The maximum absolute atomic E-state index is 11.5. The van der Waals surface area contributed by atoms with Crippen LogP contribution in [0, 0.1) is 0 Å². The Kier molecular flexibility index (Phi) is 4.73. The van der Waals surface area contributed by atoms with E-state index in [4.69, 9.17) is 9.47 Å². The average Bonchev–Trinajstić information content (AvgIpc) is 2.93. The highest BCUT2D eigenvalue weighted by atomic mass is 16.5. The zero-order valence-electron chi connectivity index (χ0n) is 11.5. The van der Waals surface area contributed by atoms with E-state index in [-0.39, 0.29) is 5.91 Å². The van der Waals surface area contributed by atoms with Crippen molar-refractivity contribution < 1.29 is 14.3 Å². The molecular formula is C14H17N3O3. The first kappa shape index (κ1) is 14.1. The molecule has 0 aliphatic rings. The van der Waals surface area contributed by atoms with E-state index in [9.17, 15) is 4.79 Å². The minimum Gasteiger partial charge on any atom is -0.497 e. The van der Waals surface area contributed by atoms with E-state index in [1.54, 1.807) is 20.3 Å². The first-order chi connectivity index (χ1) is 9.72. The second-order valence-electron chi connectivity index (χ2n) is 4.19. The number of H-pyrrole nitrogens is 1. The lowest BCUT2D eigenvalue weighted by molar-refractivity contribution is -0.117. The van der Waals surface area contributed by atoms with E-state index in [1.807, 2.05) is 24.3 Å². The second-order valence-corrected chi connectivity index (χ2v) is 4.19. The first-order valence-corrected chi connectivity index (χ1v) is 6.21. The highest BCUT2D eigenvalue weighted by molar-refractivity contribution is 5.90. The van der Waals surface area contributed by atoms with Gasteiger partial charge >= 0.3 is 0 Å². The van der Waals surface area contributed by atoms with Gasteiger partial charge in [0.2, 0.25) is 5.91 Å². The molecule has 2 N–H and O–H groups in total. The molecule has 0 atom stereocenters. The lowest BCUT2D eigenvalue weighted by Gasteiger charge is -2.01. The summed E-state index contributed by atoms with van der Waals surface area (Å²) in [6.07, 6.45) is 0.307. The molecule has 6 nitrogen and oxygen atoms in total. The molecule has 0 unspecified atom stereocenters. The van der Waals surface area contributed by atoms with Crippen molar-refractivity contribution in [3.05, 3.63) is 30.3 Å². The average molecular weight is 275 g/mol. The Balaban J connectivity index is 2.02. The number of hydrogen-bond acceptors (Lipinski definition) is 4. The van der Waals surface area contributed by atoms with Crippen LogP contribution < -0.4 is 10.1 Å². The number of rotatable bonds is 6. The Morgan fingerprint density at radius 2 is 2.05 bits per heavy atom. The summed E-state index contributed by atoms with van der Waals surface area (Å²) in [5, 5.41) is 9.64. The van der Waals surface area contributed by atoms with Gasteiger partial charge in [0.1, 0.15) is 5.75 Å². The fraction of sp³-hybridized carbons (Fsp3) is 0.286. The molecule has 1 aromatic carbocycles. The lowest BCUT2D eigenvalue weighted by atomic mass is 10.1. The summed E-state index contributed by atoms with van der Waals surface area (Å²) in [7, 11) is 3.18. The van der Waals surface area contributed by atoms with Crippen LogP contribution >= 0.6 is 0 Å². The number of ether oxygens (including phenoxy) is 2. The van der Waals surface area contributed by atoms with Gasteiger partial charge in [-0.2, -0.15) is 5.10 Å².